The molecule has 150 valence electrons. The summed E-state index contributed by atoms with van der Waals surface area (Å²) in [6.45, 7) is 3.35. The number of hydrogen-bond donors (Lipinski definition) is 1. The van der Waals surface area contributed by atoms with Gasteiger partial charge in [0, 0.05) is 12.6 Å². The van der Waals surface area contributed by atoms with Crippen molar-refractivity contribution in [1.82, 2.24) is 10.2 Å². The molecule has 28 heavy (non-hydrogen) atoms. The topological polar surface area (TPSA) is 98.1 Å². The lowest BCUT2D eigenvalue weighted by molar-refractivity contribution is -0.150. The normalized spacial score (nSPS) is 10.4. The molecule has 0 spiro atoms. The fourth-order valence-corrected chi connectivity index (χ4v) is 2.24. The van der Waals surface area contributed by atoms with Gasteiger partial charge in [0.1, 0.15) is 18.1 Å². The maximum Gasteiger partial charge on any atom is 0.325 e. The second-order valence-electron chi connectivity index (χ2n) is 6.36. The van der Waals surface area contributed by atoms with E-state index in [0.29, 0.717) is 17.1 Å². The van der Waals surface area contributed by atoms with Crippen LogP contribution in [0.15, 0.2) is 47.1 Å². The van der Waals surface area contributed by atoms with Gasteiger partial charge in [-0.1, -0.05) is 0 Å². The number of hydrogen-bond acceptors (Lipinski definition) is 6. The zero-order valence-corrected chi connectivity index (χ0v) is 16.1. The van der Waals surface area contributed by atoms with Crippen LogP contribution in [0, 0.1) is 0 Å². The van der Waals surface area contributed by atoms with Crippen LogP contribution in [-0.2, 0) is 20.9 Å². The van der Waals surface area contributed by atoms with E-state index in [9.17, 15) is 14.4 Å². The van der Waals surface area contributed by atoms with Gasteiger partial charge in [-0.3, -0.25) is 14.4 Å². The molecule has 0 aliphatic carbocycles. The average Bonchev–Trinajstić information content (AvgIpc) is 3.17. The highest BCUT2D eigenvalue weighted by atomic mass is 16.5. The highest BCUT2D eigenvalue weighted by Gasteiger charge is 2.14. The molecule has 0 radical (unpaired) electrons. The molecule has 1 heterocycles. The van der Waals surface area contributed by atoms with E-state index in [1.54, 1.807) is 43.4 Å². The fraction of sp³-hybridized carbons (Fsp3) is 0.350. The highest BCUT2D eigenvalue weighted by Crippen LogP contribution is 2.13. The molecule has 0 unspecified atom stereocenters. The molecule has 0 saturated heterocycles. The fourth-order valence-electron chi connectivity index (χ4n) is 2.24. The lowest BCUT2D eigenvalue weighted by Gasteiger charge is -2.15. The zero-order valence-electron chi connectivity index (χ0n) is 16.1. The molecule has 0 bridgehead atoms. The second-order valence-corrected chi connectivity index (χ2v) is 6.36. The summed E-state index contributed by atoms with van der Waals surface area (Å²) in [6, 6.07) is 10.0. The van der Waals surface area contributed by atoms with Crippen molar-refractivity contribution in [2.45, 2.75) is 26.5 Å². The van der Waals surface area contributed by atoms with E-state index < -0.39 is 18.5 Å². The van der Waals surface area contributed by atoms with Gasteiger partial charge < -0.3 is 24.1 Å². The van der Waals surface area contributed by atoms with Crippen molar-refractivity contribution in [2.75, 3.05) is 20.2 Å². The molecule has 2 amide bonds. The van der Waals surface area contributed by atoms with E-state index in [0.717, 1.165) is 0 Å². The Morgan fingerprint density at radius 3 is 2.46 bits per heavy atom. The van der Waals surface area contributed by atoms with Crippen LogP contribution in [0.25, 0.3) is 0 Å². The van der Waals surface area contributed by atoms with Crippen molar-refractivity contribution in [3.8, 4) is 5.75 Å². The summed E-state index contributed by atoms with van der Waals surface area (Å²) in [4.78, 5) is 37.1. The largest absolute Gasteiger partial charge is 0.491 e. The molecule has 1 aromatic heterocycles. The van der Waals surface area contributed by atoms with Crippen LogP contribution in [-0.4, -0.2) is 49.0 Å². The van der Waals surface area contributed by atoms with Crippen molar-refractivity contribution in [1.29, 1.82) is 0 Å². The number of esters is 1. The van der Waals surface area contributed by atoms with Crippen molar-refractivity contribution in [3.05, 3.63) is 54.0 Å². The van der Waals surface area contributed by atoms with E-state index in [2.05, 4.69) is 5.32 Å². The Morgan fingerprint density at radius 2 is 1.86 bits per heavy atom. The summed E-state index contributed by atoms with van der Waals surface area (Å²) in [6.07, 6.45) is 1.55. The van der Waals surface area contributed by atoms with Crippen molar-refractivity contribution in [3.63, 3.8) is 0 Å². The van der Waals surface area contributed by atoms with E-state index in [1.165, 1.54) is 11.2 Å². The smallest absolute Gasteiger partial charge is 0.325 e. The van der Waals surface area contributed by atoms with Gasteiger partial charge in [-0.2, -0.15) is 0 Å². The molecule has 8 nitrogen and oxygen atoms in total. The molecule has 1 aromatic carbocycles. The molecular formula is C20H24N2O6. The summed E-state index contributed by atoms with van der Waals surface area (Å²) >= 11 is 0. The van der Waals surface area contributed by atoms with E-state index in [1.807, 2.05) is 13.8 Å². The summed E-state index contributed by atoms with van der Waals surface area (Å²) in [7, 11) is 1.58. The number of ether oxygens (including phenoxy) is 2. The van der Waals surface area contributed by atoms with Gasteiger partial charge in [0.2, 0.25) is 0 Å². The molecule has 8 heteroatoms. The summed E-state index contributed by atoms with van der Waals surface area (Å²) in [5.74, 6) is -0.221. The molecule has 2 aromatic rings. The third kappa shape index (κ3) is 6.79. The minimum Gasteiger partial charge on any atom is -0.491 e. The quantitative estimate of drug-likeness (QED) is 0.660. The number of furan rings is 1. The molecule has 1 N–H and O–H groups in total. The van der Waals surface area contributed by atoms with Gasteiger partial charge >= 0.3 is 5.97 Å². The zero-order chi connectivity index (χ0) is 20.5. The van der Waals surface area contributed by atoms with Crippen LogP contribution in [0.3, 0.4) is 0 Å². The molecule has 0 aliphatic heterocycles. The van der Waals surface area contributed by atoms with E-state index in [-0.39, 0.29) is 25.1 Å². The predicted octanol–water partition coefficient (Wildman–Crippen LogP) is 2.00. The molecule has 0 saturated carbocycles. The van der Waals surface area contributed by atoms with Crippen LogP contribution in [0.2, 0.25) is 0 Å². The number of carbonyl (C=O) groups is 3. The first-order valence-electron chi connectivity index (χ1n) is 8.82. The predicted molar refractivity (Wildman–Crippen MR) is 101 cm³/mol. The van der Waals surface area contributed by atoms with Gasteiger partial charge in [0.25, 0.3) is 11.8 Å². The Labute approximate surface area is 163 Å². The second kappa shape index (κ2) is 10.1. The van der Waals surface area contributed by atoms with Gasteiger partial charge in [-0.05, 0) is 50.2 Å². The number of benzene rings is 1. The minimum absolute atomic E-state index is 0.0373. The van der Waals surface area contributed by atoms with Crippen LogP contribution in [0.5, 0.6) is 5.75 Å². The lowest BCUT2D eigenvalue weighted by atomic mass is 10.2. The van der Waals surface area contributed by atoms with Crippen LogP contribution >= 0.6 is 0 Å². The first kappa shape index (κ1) is 21.0. The Kier molecular flexibility index (Phi) is 7.62. The Bertz CT molecular complexity index is 784. The third-order valence-corrected chi connectivity index (χ3v) is 3.64. The highest BCUT2D eigenvalue weighted by molar-refractivity contribution is 5.96. The van der Waals surface area contributed by atoms with Crippen molar-refractivity contribution >= 4 is 17.8 Å². The van der Waals surface area contributed by atoms with Crippen LogP contribution in [0.4, 0.5) is 0 Å². The number of nitrogens with one attached hydrogen (secondary N) is 1. The Hall–Kier alpha value is -3.29. The minimum atomic E-state index is -0.701. The molecule has 0 atom stereocenters. The summed E-state index contributed by atoms with van der Waals surface area (Å²) < 4.78 is 15.6. The van der Waals surface area contributed by atoms with Gasteiger partial charge in [0.15, 0.2) is 6.61 Å². The van der Waals surface area contributed by atoms with Crippen molar-refractivity contribution in [2.24, 2.45) is 0 Å². The SMILES string of the molecule is CC(C)Oc1ccc(C(=O)NCC(=O)OCC(=O)N(C)Cc2ccco2)cc1. The Balaban J connectivity index is 1.71. The molecule has 2 rings (SSSR count). The Morgan fingerprint density at radius 1 is 1.14 bits per heavy atom. The maximum absolute atomic E-state index is 12.1. The van der Waals surface area contributed by atoms with Crippen molar-refractivity contribution < 1.29 is 28.3 Å². The standard InChI is InChI=1S/C20H24N2O6/c1-14(2)28-16-8-6-15(7-9-16)20(25)21-11-19(24)27-13-18(23)22(3)12-17-5-4-10-26-17/h4-10,14H,11-13H2,1-3H3,(H,21,25). The number of carbonyl (C=O) groups excluding carboxylic acids is 3. The first-order valence-corrected chi connectivity index (χ1v) is 8.82. The van der Waals surface area contributed by atoms with Crippen LogP contribution in [0.1, 0.15) is 30.0 Å². The summed E-state index contributed by atoms with van der Waals surface area (Å²) in [5, 5.41) is 2.45. The lowest BCUT2D eigenvalue weighted by Crippen LogP contribution is -2.34. The number of likely N-dealkylation sites (N-methyl/N-ethyl adjacent to an activating group) is 1. The maximum atomic E-state index is 12.1. The van der Waals surface area contributed by atoms with Gasteiger partial charge in [-0.25, -0.2) is 0 Å². The van der Waals surface area contributed by atoms with Gasteiger partial charge in [0.05, 0.1) is 18.9 Å². The average molecular weight is 388 g/mol. The number of nitrogens with zero attached hydrogens (tertiary/aromatic N) is 1. The van der Waals surface area contributed by atoms with E-state index >= 15 is 0 Å². The molecule has 0 aliphatic rings. The monoisotopic (exact) mass is 388 g/mol. The first-order chi connectivity index (χ1) is 13.3. The number of rotatable bonds is 9. The molecule has 0 fully saturated rings. The summed E-state index contributed by atoms with van der Waals surface area (Å²) in [5.41, 5.74) is 0.387. The number of amides is 2. The van der Waals surface area contributed by atoms with Gasteiger partial charge in [-0.15, -0.1) is 0 Å². The third-order valence-electron chi connectivity index (χ3n) is 3.64. The van der Waals surface area contributed by atoms with E-state index in [4.69, 9.17) is 13.9 Å². The molecular weight excluding hydrogens is 364 g/mol. The van der Waals surface area contributed by atoms with Crippen LogP contribution < -0.4 is 10.1 Å².